The molecule has 1 aromatic carbocycles. The van der Waals surface area contributed by atoms with Crippen molar-refractivity contribution in [1.82, 2.24) is 20.1 Å². The zero-order chi connectivity index (χ0) is 18.7. The minimum atomic E-state index is 0.362. The summed E-state index contributed by atoms with van der Waals surface area (Å²) in [4.78, 5) is 7.77. The summed E-state index contributed by atoms with van der Waals surface area (Å²) in [5.74, 6) is 0.362. The number of quaternary nitrogens is 1. The van der Waals surface area contributed by atoms with E-state index >= 15 is 0 Å². The van der Waals surface area contributed by atoms with Crippen molar-refractivity contribution in [3.8, 4) is 0 Å². The molecular weight excluding hydrogens is 364 g/mol. The van der Waals surface area contributed by atoms with Crippen molar-refractivity contribution in [2.75, 3.05) is 63.8 Å². The Hall–Kier alpha value is -2.03. The average Bonchev–Trinajstić information content (AvgIpc) is 3.23. The van der Waals surface area contributed by atoms with Gasteiger partial charge in [-0.1, -0.05) is 11.6 Å². The van der Waals surface area contributed by atoms with Gasteiger partial charge in [0.25, 0.3) is 5.95 Å². The number of nitrogens with one attached hydrogen (secondary N) is 1. The van der Waals surface area contributed by atoms with Gasteiger partial charge in [0.2, 0.25) is 0 Å². The molecule has 0 atom stereocenters. The number of nitrogens with zero attached hydrogens (tertiary/aromatic N) is 7. The number of benzene rings is 1. The van der Waals surface area contributed by atoms with Crippen LogP contribution in [0.15, 0.2) is 34.8 Å². The van der Waals surface area contributed by atoms with Crippen LogP contribution in [0.3, 0.4) is 0 Å². The maximum atomic E-state index is 6.44. The van der Waals surface area contributed by atoms with Crippen LogP contribution in [0.1, 0.15) is 6.92 Å². The maximum Gasteiger partial charge on any atom is 0.267 e. The lowest BCUT2D eigenvalue weighted by atomic mass is 10.1. The van der Waals surface area contributed by atoms with Crippen molar-refractivity contribution in [2.24, 2.45) is 10.2 Å². The number of H-pyrrole nitrogens is 1. The van der Waals surface area contributed by atoms with Crippen LogP contribution < -0.4 is 4.90 Å². The van der Waals surface area contributed by atoms with Gasteiger partial charge in [0.05, 0.1) is 37.7 Å². The molecule has 1 N–H and O–H groups in total. The Morgan fingerprint density at radius 3 is 2.63 bits per heavy atom. The molecule has 3 saturated heterocycles. The highest BCUT2D eigenvalue weighted by molar-refractivity contribution is 6.33. The van der Waals surface area contributed by atoms with E-state index in [9.17, 15) is 0 Å². The standard InChI is InChI=1S/C18H26ClN8/c1-2-26(8-12-27-9-5-25(6-10-27)7-11-27)15-3-4-17(16(19)13-15)22-24-18-20-14-21-23-18/h3-4,13-14H,2,5-12H2,1H3,(H,20,21,23)/q+1/b24-22+. The fourth-order valence-electron chi connectivity index (χ4n) is 3.99. The Labute approximate surface area is 164 Å². The highest BCUT2D eigenvalue weighted by Crippen LogP contribution is 2.31. The van der Waals surface area contributed by atoms with Crippen molar-refractivity contribution in [3.05, 3.63) is 29.5 Å². The summed E-state index contributed by atoms with van der Waals surface area (Å²) in [6.07, 6.45) is 1.46. The lowest BCUT2D eigenvalue weighted by molar-refractivity contribution is -0.939. The van der Waals surface area contributed by atoms with E-state index in [-0.39, 0.29) is 0 Å². The van der Waals surface area contributed by atoms with E-state index < -0.39 is 0 Å². The zero-order valence-electron chi connectivity index (χ0n) is 15.7. The molecule has 0 radical (unpaired) electrons. The number of aromatic amines is 1. The molecule has 3 aliphatic heterocycles. The summed E-state index contributed by atoms with van der Waals surface area (Å²) in [6, 6.07) is 5.96. The van der Waals surface area contributed by atoms with Crippen LogP contribution in [0.2, 0.25) is 5.02 Å². The molecule has 0 unspecified atom stereocenters. The SMILES string of the molecule is CCN(CC[N+]12CCN(CC1)CC2)c1ccc(/N=N/c2nnc[nH]2)c(Cl)c1. The maximum absolute atomic E-state index is 6.44. The van der Waals surface area contributed by atoms with Gasteiger partial charge in [-0.05, 0) is 25.1 Å². The average molecular weight is 390 g/mol. The number of hydrogen-bond donors (Lipinski definition) is 1. The number of azo groups is 1. The van der Waals surface area contributed by atoms with E-state index in [2.05, 4.69) is 48.2 Å². The highest BCUT2D eigenvalue weighted by Gasteiger charge is 2.38. The first-order valence-corrected chi connectivity index (χ1v) is 9.95. The number of aromatic nitrogens is 3. The molecule has 0 aliphatic carbocycles. The van der Waals surface area contributed by atoms with Gasteiger partial charge in [-0.2, -0.15) is 0 Å². The fraction of sp³-hybridized carbons (Fsp3) is 0.556. The molecule has 9 heteroatoms. The second kappa shape index (κ2) is 7.92. The van der Waals surface area contributed by atoms with Gasteiger partial charge >= 0.3 is 0 Å². The number of likely N-dealkylation sites (N-methyl/N-ethyl adjacent to an activating group) is 1. The minimum Gasteiger partial charge on any atom is -0.366 e. The monoisotopic (exact) mass is 389 g/mol. The van der Waals surface area contributed by atoms with E-state index in [0.29, 0.717) is 16.7 Å². The summed E-state index contributed by atoms with van der Waals surface area (Å²) >= 11 is 6.44. The summed E-state index contributed by atoms with van der Waals surface area (Å²) in [5, 5.41) is 16.2. The van der Waals surface area contributed by atoms with E-state index in [0.717, 1.165) is 18.8 Å². The number of piperazine rings is 3. The largest absolute Gasteiger partial charge is 0.366 e. The van der Waals surface area contributed by atoms with E-state index in [1.807, 2.05) is 12.1 Å². The molecular formula is C18H26ClN8+. The van der Waals surface area contributed by atoms with E-state index in [1.165, 1.54) is 56.6 Å². The van der Waals surface area contributed by atoms with Crippen molar-refractivity contribution in [3.63, 3.8) is 0 Å². The summed E-state index contributed by atoms with van der Waals surface area (Å²) in [5.41, 5.74) is 1.76. The summed E-state index contributed by atoms with van der Waals surface area (Å²) < 4.78 is 1.27. The van der Waals surface area contributed by atoms with Gasteiger partial charge < -0.3 is 14.4 Å². The molecule has 4 heterocycles. The second-order valence-corrected chi connectivity index (χ2v) is 7.71. The van der Waals surface area contributed by atoms with Crippen LogP contribution >= 0.6 is 11.6 Å². The first-order chi connectivity index (χ1) is 13.2. The highest BCUT2D eigenvalue weighted by atomic mass is 35.5. The van der Waals surface area contributed by atoms with Crippen LogP contribution in [0.5, 0.6) is 0 Å². The second-order valence-electron chi connectivity index (χ2n) is 7.31. The van der Waals surface area contributed by atoms with Crippen molar-refractivity contribution in [1.29, 1.82) is 0 Å². The van der Waals surface area contributed by atoms with Crippen LogP contribution in [0.4, 0.5) is 17.3 Å². The van der Waals surface area contributed by atoms with Gasteiger partial charge in [0.1, 0.15) is 12.0 Å². The van der Waals surface area contributed by atoms with E-state index in [1.54, 1.807) is 0 Å². The number of anilines is 1. The molecule has 144 valence electrons. The Balaban J connectivity index is 1.42. The first kappa shape index (κ1) is 18.3. The van der Waals surface area contributed by atoms with Crippen molar-refractivity contribution >= 4 is 28.9 Å². The predicted octanol–water partition coefficient (Wildman–Crippen LogP) is 2.85. The Morgan fingerprint density at radius 2 is 2.00 bits per heavy atom. The smallest absolute Gasteiger partial charge is 0.267 e. The summed E-state index contributed by atoms with van der Waals surface area (Å²) in [7, 11) is 0. The van der Waals surface area contributed by atoms with Crippen molar-refractivity contribution < 1.29 is 4.48 Å². The van der Waals surface area contributed by atoms with E-state index in [4.69, 9.17) is 11.6 Å². The Kier molecular flexibility index (Phi) is 5.38. The number of rotatable bonds is 7. The predicted molar refractivity (Wildman–Crippen MR) is 106 cm³/mol. The molecule has 0 saturated carbocycles. The van der Waals surface area contributed by atoms with Crippen LogP contribution in [0.25, 0.3) is 0 Å². The fourth-order valence-corrected chi connectivity index (χ4v) is 4.20. The van der Waals surface area contributed by atoms with Gasteiger partial charge in [0.15, 0.2) is 0 Å². The number of halogens is 1. The third kappa shape index (κ3) is 4.12. The lowest BCUT2D eigenvalue weighted by Crippen LogP contribution is -2.68. The lowest BCUT2D eigenvalue weighted by Gasteiger charge is -2.51. The third-order valence-electron chi connectivity index (χ3n) is 5.85. The Bertz CT molecular complexity index is 769. The quantitative estimate of drug-likeness (QED) is 0.583. The molecule has 0 amide bonds. The van der Waals surface area contributed by atoms with Gasteiger partial charge in [-0.25, -0.2) is 0 Å². The summed E-state index contributed by atoms with van der Waals surface area (Å²) in [6.45, 7) is 13.0. The van der Waals surface area contributed by atoms with Gasteiger partial charge in [-0.15, -0.1) is 20.4 Å². The molecule has 1 aromatic heterocycles. The number of fused-ring (bicyclic) bond motifs is 3. The Morgan fingerprint density at radius 1 is 1.22 bits per heavy atom. The van der Waals surface area contributed by atoms with Crippen LogP contribution in [-0.2, 0) is 0 Å². The van der Waals surface area contributed by atoms with Crippen molar-refractivity contribution in [2.45, 2.75) is 6.92 Å². The number of hydrogen-bond acceptors (Lipinski definition) is 6. The molecule has 27 heavy (non-hydrogen) atoms. The molecule has 2 bridgehead atoms. The normalized spacial score (nSPS) is 24.6. The zero-order valence-corrected chi connectivity index (χ0v) is 16.4. The van der Waals surface area contributed by atoms with Gasteiger partial charge in [0, 0.05) is 31.9 Å². The minimum absolute atomic E-state index is 0.362. The molecule has 5 rings (SSSR count). The molecule has 0 spiro atoms. The molecule has 8 nitrogen and oxygen atoms in total. The molecule has 3 aliphatic rings. The molecule has 2 aromatic rings. The first-order valence-electron chi connectivity index (χ1n) is 9.57. The topological polar surface area (TPSA) is 72.8 Å². The van der Waals surface area contributed by atoms with Crippen LogP contribution in [-0.4, -0.2) is 83.5 Å². The van der Waals surface area contributed by atoms with Crippen LogP contribution in [0, 0.1) is 0 Å². The van der Waals surface area contributed by atoms with Gasteiger partial charge in [-0.3, -0.25) is 4.90 Å². The molecule has 3 fully saturated rings. The third-order valence-corrected chi connectivity index (χ3v) is 6.15.